The van der Waals surface area contributed by atoms with E-state index in [1.165, 1.54) is 36.6 Å². The van der Waals surface area contributed by atoms with Crippen LogP contribution >= 0.6 is 15.9 Å². The van der Waals surface area contributed by atoms with Gasteiger partial charge in [0.05, 0.1) is 11.8 Å². The fourth-order valence-corrected chi connectivity index (χ4v) is 2.97. The van der Waals surface area contributed by atoms with Crippen LogP contribution in [0.15, 0.2) is 80.9 Å². The van der Waals surface area contributed by atoms with Gasteiger partial charge in [-0.05, 0) is 48.5 Å². The summed E-state index contributed by atoms with van der Waals surface area (Å²) >= 11 is 3.31. The van der Waals surface area contributed by atoms with E-state index in [0.717, 1.165) is 0 Å². The molecule has 1 heterocycles. The third-order valence-corrected chi connectivity index (χ3v) is 4.24. The number of hydrogen-bond donors (Lipinski definition) is 2. The van der Waals surface area contributed by atoms with Crippen molar-refractivity contribution in [2.45, 2.75) is 0 Å². The van der Waals surface area contributed by atoms with Gasteiger partial charge in [-0.25, -0.2) is 4.79 Å². The van der Waals surface area contributed by atoms with Crippen LogP contribution in [0.1, 0.15) is 21.7 Å². The number of para-hydroxylation sites is 1. The number of nitrogens with two attached hydrogens (primary N) is 1. The first-order valence-corrected chi connectivity index (χ1v) is 9.12. The fourth-order valence-electron chi connectivity index (χ4n) is 2.50. The topological polar surface area (TPSA) is 115 Å². The molecular formula is C21H15BrN2O5. The summed E-state index contributed by atoms with van der Waals surface area (Å²) in [5.41, 5.74) is 0.265. The number of rotatable bonds is 6. The zero-order valence-electron chi connectivity index (χ0n) is 14.9. The lowest BCUT2D eigenvalue weighted by atomic mass is 10.00. The summed E-state index contributed by atoms with van der Waals surface area (Å²) in [6, 6.07) is 14.0. The molecule has 2 aromatic carbocycles. The van der Waals surface area contributed by atoms with Crippen LogP contribution in [0, 0.1) is 0 Å². The monoisotopic (exact) mass is 454 g/mol. The van der Waals surface area contributed by atoms with Crippen molar-refractivity contribution in [3.05, 3.63) is 88.3 Å². The Bertz CT molecular complexity index is 1100. The van der Waals surface area contributed by atoms with Crippen LogP contribution in [0.5, 0.6) is 11.5 Å². The number of hydrogen-bond acceptors (Lipinski definition) is 7. The number of benzene rings is 2. The summed E-state index contributed by atoms with van der Waals surface area (Å²) in [4.78, 5) is 24.8. The van der Waals surface area contributed by atoms with Crippen molar-refractivity contribution in [1.82, 2.24) is 0 Å². The number of phenols is 1. The van der Waals surface area contributed by atoms with E-state index < -0.39 is 11.8 Å². The Morgan fingerprint density at radius 2 is 1.93 bits per heavy atom. The Labute approximate surface area is 174 Å². The number of hydrazone groups is 1. The molecule has 3 aromatic rings. The molecular weight excluding hydrogens is 440 g/mol. The number of nitrogens with zero attached hydrogens (tertiary/aromatic N) is 1. The van der Waals surface area contributed by atoms with Gasteiger partial charge in [0.2, 0.25) is 5.78 Å². The van der Waals surface area contributed by atoms with Crippen LogP contribution in [0.25, 0.3) is 6.08 Å². The molecule has 1 aromatic heterocycles. The number of carbonyl (C=O) groups excluding carboxylic acids is 2. The van der Waals surface area contributed by atoms with Crippen molar-refractivity contribution >= 4 is 39.5 Å². The maximum absolute atomic E-state index is 12.8. The zero-order chi connectivity index (χ0) is 20.8. The summed E-state index contributed by atoms with van der Waals surface area (Å²) < 4.78 is 10.9. The number of esters is 1. The number of ether oxygens (including phenoxy) is 1. The van der Waals surface area contributed by atoms with Crippen molar-refractivity contribution in [1.29, 1.82) is 0 Å². The molecule has 0 unspecified atom stereocenters. The van der Waals surface area contributed by atoms with Crippen molar-refractivity contribution in [3.8, 4) is 11.5 Å². The van der Waals surface area contributed by atoms with Gasteiger partial charge < -0.3 is 20.1 Å². The number of furan rings is 1. The largest absolute Gasteiger partial charge is 0.507 e. The molecule has 0 amide bonds. The predicted octanol–water partition coefficient (Wildman–Crippen LogP) is 3.91. The van der Waals surface area contributed by atoms with E-state index in [1.807, 2.05) is 0 Å². The Morgan fingerprint density at radius 1 is 1.14 bits per heavy atom. The first-order valence-electron chi connectivity index (χ1n) is 8.33. The van der Waals surface area contributed by atoms with Crippen LogP contribution in [0.4, 0.5) is 0 Å². The van der Waals surface area contributed by atoms with E-state index in [4.69, 9.17) is 15.0 Å². The van der Waals surface area contributed by atoms with Gasteiger partial charge in [-0.1, -0.05) is 28.1 Å². The minimum Gasteiger partial charge on any atom is -0.507 e. The molecule has 146 valence electrons. The zero-order valence-corrected chi connectivity index (χ0v) is 16.5. The number of carbonyl (C=O) groups is 2. The third-order valence-electron chi connectivity index (χ3n) is 3.78. The summed E-state index contributed by atoms with van der Waals surface area (Å²) in [6.07, 6.45) is 4.17. The van der Waals surface area contributed by atoms with Crippen LogP contribution in [-0.2, 0) is 4.79 Å². The van der Waals surface area contributed by atoms with E-state index in [9.17, 15) is 14.7 Å². The lowest BCUT2D eigenvalue weighted by Gasteiger charge is -2.09. The van der Waals surface area contributed by atoms with Crippen molar-refractivity contribution in [3.63, 3.8) is 0 Å². The van der Waals surface area contributed by atoms with Gasteiger partial charge in [0.25, 0.3) is 0 Å². The lowest BCUT2D eigenvalue weighted by Crippen LogP contribution is -2.18. The molecule has 0 aliphatic rings. The molecule has 0 bridgehead atoms. The molecule has 0 fully saturated rings. The molecule has 0 radical (unpaired) electrons. The summed E-state index contributed by atoms with van der Waals surface area (Å²) in [5.74, 6) is 4.72. The molecule has 0 atom stereocenters. The molecule has 3 rings (SSSR count). The molecule has 3 N–H and O–H groups in total. The average molecular weight is 455 g/mol. The highest BCUT2D eigenvalue weighted by molar-refractivity contribution is 9.10. The molecule has 8 heteroatoms. The Hall–Kier alpha value is -3.65. The lowest BCUT2D eigenvalue weighted by molar-refractivity contribution is -0.128. The first kappa shape index (κ1) is 20.1. The fraction of sp³-hybridized carbons (Fsp3) is 0. The van der Waals surface area contributed by atoms with Gasteiger partial charge in [-0.15, -0.1) is 0 Å². The minimum atomic E-state index is -0.635. The second-order valence-electron chi connectivity index (χ2n) is 5.77. The molecule has 0 aliphatic carbocycles. The van der Waals surface area contributed by atoms with E-state index in [1.54, 1.807) is 36.4 Å². The molecule has 0 spiro atoms. The van der Waals surface area contributed by atoms with Gasteiger partial charge in [0, 0.05) is 16.1 Å². The van der Waals surface area contributed by atoms with Gasteiger partial charge in [-0.3, -0.25) is 4.79 Å². The quantitative estimate of drug-likeness (QED) is 0.111. The summed E-state index contributed by atoms with van der Waals surface area (Å²) in [5, 5.41) is 13.5. The van der Waals surface area contributed by atoms with Crippen LogP contribution < -0.4 is 10.6 Å². The predicted molar refractivity (Wildman–Crippen MR) is 111 cm³/mol. The molecule has 7 nitrogen and oxygen atoms in total. The van der Waals surface area contributed by atoms with Gasteiger partial charge in [0.1, 0.15) is 23.0 Å². The highest BCUT2D eigenvalue weighted by Crippen LogP contribution is 2.25. The van der Waals surface area contributed by atoms with Crippen molar-refractivity contribution in [2.24, 2.45) is 10.9 Å². The van der Waals surface area contributed by atoms with E-state index in [2.05, 4.69) is 21.0 Å². The summed E-state index contributed by atoms with van der Waals surface area (Å²) in [7, 11) is 0. The maximum atomic E-state index is 12.8. The third kappa shape index (κ3) is 4.99. The standard InChI is InChI=1S/C21H15BrN2O5/c22-14-10-13(20(24-23)21(27)17-5-1-2-6-18(17)25)11-16(12-14)29-19(26)8-7-15-4-3-9-28-15/h1-12,25H,23H2/b8-7+,24-20+. The van der Waals surface area contributed by atoms with Crippen LogP contribution in [0.3, 0.4) is 0 Å². The number of phenolic OH excluding ortho intramolecular Hbond substituents is 1. The van der Waals surface area contributed by atoms with Crippen LogP contribution in [-0.4, -0.2) is 22.6 Å². The molecule has 0 saturated heterocycles. The maximum Gasteiger partial charge on any atom is 0.336 e. The van der Waals surface area contributed by atoms with Crippen molar-refractivity contribution in [2.75, 3.05) is 0 Å². The highest BCUT2D eigenvalue weighted by Gasteiger charge is 2.20. The van der Waals surface area contributed by atoms with Crippen molar-refractivity contribution < 1.29 is 23.8 Å². The van der Waals surface area contributed by atoms with Crippen LogP contribution in [0.2, 0.25) is 0 Å². The number of aromatic hydroxyl groups is 1. The highest BCUT2D eigenvalue weighted by atomic mass is 79.9. The Morgan fingerprint density at radius 3 is 2.62 bits per heavy atom. The van der Waals surface area contributed by atoms with Gasteiger partial charge in [-0.2, -0.15) is 5.10 Å². The SMILES string of the molecule is N/N=C(/C(=O)c1ccccc1O)c1cc(Br)cc(OC(=O)/C=C/c2ccco2)c1. The smallest absolute Gasteiger partial charge is 0.336 e. The molecule has 0 aliphatic heterocycles. The van der Waals surface area contributed by atoms with Gasteiger partial charge in [0.15, 0.2) is 0 Å². The van der Waals surface area contributed by atoms with Gasteiger partial charge >= 0.3 is 5.97 Å². The normalized spacial score (nSPS) is 11.6. The Kier molecular flexibility index (Phi) is 6.25. The van der Waals surface area contributed by atoms with E-state index >= 15 is 0 Å². The first-order chi connectivity index (χ1) is 14.0. The summed E-state index contributed by atoms with van der Waals surface area (Å²) in [6.45, 7) is 0. The minimum absolute atomic E-state index is 0.0524. The second-order valence-corrected chi connectivity index (χ2v) is 6.69. The number of ketones is 1. The Balaban J connectivity index is 1.85. The second kappa shape index (κ2) is 9.03. The number of Topliss-reactive ketones (excluding diaryl/α,β-unsaturated/α-hetero) is 1. The molecule has 29 heavy (non-hydrogen) atoms. The number of halogens is 1. The molecule has 0 saturated carbocycles. The average Bonchev–Trinajstić information content (AvgIpc) is 3.20. The van der Waals surface area contributed by atoms with E-state index in [0.29, 0.717) is 15.8 Å². The van der Waals surface area contributed by atoms with E-state index in [-0.39, 0.29) is 22.8 Å².